The molecule has 0 saturated carbocycles. The molecule has 2 rings (SSSR count). The van der Waals surface area contributed by atoms with E-state index in [0.717, 1.165) is 23.3 Å². The average Bonchev–Trinajstić information content (AvgIpc) is 2.47. The molecule has 0 aliphatic rings. The van der Waals surface area contributed by atoms with Crippen LogP contribution in [-0.4, -0.2) is 7.11 Å². The lowest BCUT2D eigenvalue weighted by Crippen LogP contribution is -1.87. The van der Waals surface area contributed by atoms with E-state index in [9.17, 15) is 0 Å². The van der Waals surface area contributed by atoms with Crippen LogP contribution in [0.25, 0.3) is 0 Å². The van der Waals surface area contributed by atoms with Gasteiger partial charge < -0.3 is 4.74 Å². The smallest absolute Gasteiger partial charge is 0.118 e. The van der Waals surface area contributed by atoms with Crippen LogP contribution >= 0.6 is 0 Å². The Hall–Kier alpha value is -2.46. The van der Waals surface area contributed by atoms with Crippen molar-refractivity contribution in [2.45, 2.75) is 6.42 Å². The summed E-state index contributed by atoms with van der Waals surface area (Å²) in [5, 5.41) is 0. The van der Waals surface area contributed by atoms with E-state index >= 15 is 0 Å². The fourth-order valence-corrected chi connectivity index (χ4v) is 1.79. The molecule has 2 aromatic carbocycles. The Morgan fingerprint density at radius 2 is 1.79 bits per heavy atom. The van der Waals surface area contributed by atoms with Crippen molar-refractivity contribution in [1.82, 2.24) is 0 Å². The van der Waals surface area contributed by atoms with Gasteiger partial charge in [-0.05, 0) is 42.3 Å². The summed E-state index contributed by atoms with van der Waals surface area (Å²) in [5.41, 5.74) is 3.24. The lowest BCUT2D eigenvalue weighted by molar-refractivity contribution is 0.415. The number of ether oxygens (including phenoxy) is 1. The van der Waals surface area contributed by atoms with E-state index in [4.69, 9.17) is 4.74 Å². The minimum Gasteiger partial charge on any atom is -0.497 e. The van der Waals surface area contributed by atoms with E-state index in [2.05, 4.69) is 24.5 Å². The number of methoxy groups -OCH3 is 1. The summed E-state index contributed by atoms with van der Waals surface area (Å²) < 4.78 is 5.12. The molecule has 1 nitrogen and oxygen atoms in total. The minimum atomic E-state index is 0.841. The molecule has 0 atom stereocenters. The second-order valence-electron chi connectivity index (χ2n) is 4.13. The summed E-state index contributed by atoms with van der Waals surface area (Å²) in [6.07, 6.45) is 2.74. The summed E-state index contributed by atoms with van der Waals surface area (Å²) in [6.45, 7) is 3.77. The van der Waals surface area contributed by atoms with Crippen LogP contribution < -0.4 is 4.74 Å². The molecule has 0 heterocycles. The van der Waals surface area contributed by atoms with Crippen LogP contribution in [0.15, 0.2) is 61.2 Å². The van der Waals surface area contributed by atoms with Crippen LogP contribution in [0.5, 0.6) is 5.75 Å². The van der Waals surface area contributed by atoms with Crippen molar-refractivity contribution >= 4 is 0 Å². The van der Waals surface area contributed by atoms with E-state index in [0.29, 0.717) is 0 Å². The van der Waals surface area contributed by atoms with Crippen molar-refractivity contribution in [2.75, 3.05) is 7.11 Å². The molecule has 0 aliphatic heterocycles. The van der Waals surface area contributed by atoms with Crippen molar-refractivity contribution in [3.63, 3.8) is 0 Å². The van der Waals surface area contributed by atoms with Gasteiger partial charge in [-0.2, -0.15) is 0 Å². The predicted octanol–water partition coefficient (Wildman–Crippen LogP) is 3.82. The van der Waals surface area contributed by atoms with Crippen LogP contribution in [0, 0.1) is 11.8 Å². The van der Waals surface area contributed by atoms with Crippen molar-refractivity contribution < 1.29 is 4.74 Å². The van der Waals surface area contributed by atoms with Gasteiger partial charge in [0.2, 0.25) is 0 Å². The SMILES string of the molecule is C=CCc1ccccc1C#Cc1ccc(OC)cc1. The fourth-order valence-electron chi connectivity index (χ4n) is 1.79. The predicted molar refractivity (Wildman–Crippen MR) is 79.3 cm³/mol. The molecule has 0 fully saturated rings. The summed E-state index contributed by atoms with van der Waals surface area (Å²) in [7, 11) is 1.66. The van der Waals surface area contributed by atoms with E-state index in [1.54, 1.807) is 7.11 Å². The van der Waals surface area contributed by atoms with Crippen LogP contribution in [0.2, 0.25) is 0 Å². The Morgan fingerprint density at radius 3 is 2.47 bits per heavy atom. The molecule has 19 heavy (non-hydrogen) atoms. The molecule has 0 spiro atoms. The minimum absolute atomic E-state index is 0.841. The molecular formula is C18H16O. The summed E-state index contributed by atoms with van der Waals surface area (Å²) in [5.74, 6) is 7.23. The zero-order valence-electron chi connectivity index (χ0n) is 11.0. The third-order valence-corrected chi connectivity index (χ3v) is 2.81. The maximum atomic E-state index is 5.12. The second-order valence-corrected chi connectivity index (χ2v) is 4.13. The van der Waals surface area contributed by atoms with E-state index in [1.165, 1.54) is 5.56 Å². The first kappa shape index (κ1) is 13.0. The largest absolute Gasteiger partial charge is 0.497 e. The quantitative estimate of drug-likeness (QED) is 0.592. The van der Waals surface area contributed by atoms with Crippen molar-refractivity contribution in [3.05, 3.63) is 77.9 Å². The molecule has 0 bridgehead atoms. The second kappa shape index (κ2) is 6.47. The van der Waals surface area contributed by atoms with Crippen LogP contribution in [0.4, 0.5) is 0 Å². The molecule has 0 aromatic heterocycles. The lowest BCUT2D eigenvalue weighted by Gasteiger charge is -2.00. The Bertz CT molecular complexity index is 612. The van der Waals surface area contributed by atoms with E-state index < -0.39 is 0 Å². The summed E-state index contributed by atoms with van der Waals surface area (Å²) >= 11 is 0. The molecule has 0 radical (unpaired) electrons. The number of rotatable bonds is 3. The zero-order valence-corrected chi connectivity index (χ0v) is 11.0. The summed E-state index contributed by atoms with van der Waals surface area (Å²) in [4.78, 5) is 0. The van der Waals surface area contributed by atoms with Crippen LogP contribution in [0.3, 0.4) is 0 Å². The molecule has 0 unspecified atom stereocenters. The molecule has 1 heteroatoms. The topological polar surface area (TPSA) is 9.23 Å². The molecule has 0 N–H and O–H groups in total. The fraction of sp³-hybridized carbons (Fsp3) is 0.111. The Morgan fingerprint density at radius 1 is 1.05 bits per heavy atom. The van der Waals surface area contributed by atoms with Gasteiger partial charge in [-0.3, -0.25) is 0 Å². The first-order valence-corrected chi connectivity index (χ1v) is 6.18. The molecule has 2 aromatic rings. The zero-order chi connectivity index (χ0) is 13.5. The third kappa shape index (κ3) is 3.50. The lowest BCUT2D eigenvalue weighted by atomic mass is 10.0. The third-order valence-electron chi connectivity index (χ3n) is 2.81. The van der Waals surface area contributed by atoms with Gasteiger partial charge in [-0.15, -0.1) is 6.58 Å². The molecule has 0 aliphatic carbocycles. The number of allylic oxidation sites excluding steroid dienone is 1. The number of hydrogen-bond acceptors (Lipinski definition) is 1. The van der Waals surface area contributed by atoms with Crippen molar-refractivity contribution in [1.29, 1.82) is 0 Å². The monoisotopic (exact) mass is 248 g/mol. The van der Waals surface area contributed by atoms with Crippen molar-refractivity contribution in [3.8, 4) is 17.6 Å². The first-order valence-electron chi connectivity index (χ1n) is 6.18. The van der Waals surface area contributed by atoms with Gasteiger partial charge in [0.1, 0.15) is 5.75 Å². The van der Waals surface area contributed by atoms with Gasteiger partial charge in [0.15, 0.2) is 0 Å². The highest BCUT2D eigenvalue weighted by Gasteiger charge is 1.96. The van der Waals surface area contributed by atoms with Gasteiger partial charge in [0, 0.05) is 11.1 Å². The highest BCUT2D eigenvalue weighted by Crippen LogP contribution is 2.12. The van der Waals surface area contributed by atoms with Gasteiger partial charge in [0.25, 0.3) is 0 Å². The first-order chi connectivity index (χ1) is 9.33. The van der Waals surface area contributed by atoms with E-state index in [1.807, 2.05) is 48.5 Å². The molecule has 0 saturated heterocycles. The Labute approximate surface area is 114 Å². The van der Waals surface area contributed by atoms with E-state index in [-0.39, 0.29) is 0 Å². The van der Waals surface area contributed by atoms with Crippen LogP contribution in [0.1, 0.15) is 16.7 Å². The maximum absolute atomic E-state index is 5.12. The highest BCUT2D eigenvalue weighted by atomic mass is 16.5. The number of hydrogen-bond donors (Lipinski definition) is 0. The normalized spacial score (nSPS) is 9.32. The molecular weight excluding hydrogens is 232 g/mol. The standard InChI is InChI=1S/C18H16O/c1-3-6-16-7-4-5-8-17(16)12-9-15-10-13-18(19-2)14-11-15/h3-5,7-8,10-11,13-14H,1,6H2,2H3. The highest BCUT2D eigenvalue weighted by molar-refractivity contribution is 5.47. The van der Waals surface area contributed by atoms with Crippen LogP contribution in [-0.2, 0) is 6.42 Å². The molecule has 94 valence electrons. The molecule has 0 amide bonds. The van der Waals surface area contributed by atoms with Crippen molar-refractivity contribution in [2.24, 2.45) is 0 Å². The van der Waals surface area contributed by atoms with Gasteiger partial charge in [-0.1, -0.05) is 36.1 Å². The number of benzene rings is 2. The van der Waals surface area contributed by atoms with Gasteiger partial charge in [-0.25, -0.2) is 0 Å². The Kier molecular flexibility index (Phi) is 4.42. The van der Waals surface area contributed by atoms with Gasteiger partial charge >= 0.3 is 0 Å². The maximum Gasteiger partial charge on any atom is 0.118 e. The Balaban J connectivity index is 2.25. The average molecular weight is 248 g/mol. The summed E-state index contributed by atoms with van der Waals surface area (Å²) in [6, 6.07) is 15.9. The van der Waals surface area contributed by atoms with Gasteiger partial charge in [0.05, 0.1) is 7.11 Å².